The molecular weight excluding hydrogens is 254 g/mol. The third-order valence-corrected chi connectivity index (χ3v) is 3.86. The number of para-hydroxylation sites is 1. The molecule has 2 atom stereocenters. The number of ether oxygens (including phenoxy) is 1. The van der Waals surface area contributed by atoms with Crippen molar-refractivity contribution in [1.82, 2.24) is 0 Å². The van der Waals surface area contributed by atoms with Crippen LogP contribution in [0.1, 0.15) is 31.2 Å². The number of hydrogen-bond acceptors (Lipinski definition) is 3. The zero-order valence-electron chi connectivity index (χ0n) is 11.0. The van der Waals surface area contributed by atoms with E-state index < -0.39 is 5.60 Å². The summed E-state index contributed by atoms with van der Waals surface area (Å²) in [6.07, 6.45) is 6.54. The molecule has 1 spiro atoms. The number of terminal acetylenes is 1. The van der Waals surface area contributed by atoms with Crippen molar-refractivity contribution in [2.75, 3.05) is 5.32 Å². The molecule has 4 heteroatoms. The van der Waals surface area contributed by atoms with Crippen LogP contribution < -0.4 is 5.32 Å². The minimum absolute atomic E-state index is 0.0464. The lowest BCUT2D eigenvalue weighted by molar-refractivity contribution is -0.169. The van der Waals surface area contributed by atoms with Crippen molar-refractivity contribution in [2.45, 2.75) is 37.4 Å². The Morgan fingerprint density at radius 2 is 2.20 bits per heavy atom. The molecule has 4 nitrogen and oxygen atoms in total. The van der Waals surface area contributed by atoms with Crippen molar-refractivity contribution in [3.05, 3.63) is 29.8 Å². The number of benzene rings is 1. The van der Waals surface area contributed by atoms with Gasteiger partial charge in [-0.3, -0.25) is 9.59 Å². The second kappa shape index (κ2) is 4.77. The van der Waals surface area contributed by atoms with Gasteiger partial charge in [0, 0.05) is 30.5 Å². The van der Waals surface area contributed by atoms with E-state index in [9.17, 15) is 9.59 Å². The maximum atomic E-state index is 12.3. The summed E-state index contributed by atoms with van der Waals surface area (Å²) in [6, 6.07) is 7.35. The summed E-state index contributed by atoms with van der Waals surface area (Å²) in [7, 11) is 0. The average molecular weight is 269 g/mol. The van der Waals surface area contributed by atoms with Crippen LogP contribution in [0.4, 0.5) is 5.69 Å². The highest BCUT2D eigenvalue weighted by Crippen LogP contribution is 2.45. The molecule has 2 aliphatic heterocycles. The van der Waals surface area contributed by atoms with Crippen LogP contribution in [0.3, 0.4) is 0 Å². The maximum absolute atomic E-state index is 12.3. The van der Waals surface area contributed by atoms with Gasteiger partial charge in [-0.1, -0.05) is 18.2 Å². The predicted molar refractivity (Wildman–Crippen MR) is 73.9 cm³/mol. The molecule has 1 aromatic carbocycles. The van der Waals surface area contributed by atoms with E-state index in [2.05, 4.69) is 11.2 Å². The highest BCUT2D eigenvalue weighted by Gasteiger charge is 2.53. The Hall–Kier alpha value is -2.12. The maximum Gasteiger partial charge on any atom is 0.261 e. The fraction of sp³-hybridized carbons (Fsp3) is 0.375. The Kier molecular flexibility index (Phi) is 3.07. The molecule has 2 aliphatic rings. The Morgan fingerprint density at radius 1 is 1.40 bits per heavy atom. The Bertz CT molecular complexity index is 616. The minimum Gasteiger partial charge on any atom is -0.356 e. The highest BCUT2D eigenvalue weighted by atomic mass is 16.5. The van der Waals surface area contributed by atoms with Crippen LogP contribution in [-0.2, 0) is 19.9 Å². The monoisotopic (exact) mass is 269 g/mol. The van der Waals surface area contributed by atoms with Crippen molar-refractivity contribution in [1.29, 1.82) is 0 Å². The van der Waals surface area contributed by atoms with Crippen molar-refractivity contribution in [2.24, 2.45) is 0 Å². The summed E-state index contributed by atoms with van der Waals surface area (Å²) < 4.78 is 6.02. The highest BCUT2D eigenvalue weighted by molar-refractivity contribution is 6.07. The summed E-state index contributed by atoms with van der Waals surface area (Å²) in [6.45, 7) is 0. The summed E-state index contributed by atoms with van der Waals surface area (Å²) in [5, 5.41) is 2.80. The number of fused-ring (bicyclic) bond motifs is 2. The number of ketones is 1. The summed E-state index contributed by atoms with van der Waals surface area (Å²) >= 11 is 0. The topological polar surface area (TPSA) is 55.4 Å². The van der Waals surface area contributed by atoms with Gasteiger partial charge in [-0.05, 0) is 12.5 Å². The van der Waals surface area contributed by atoms with Gasteiger partial charge in [-0.2, -0.15) is 0 Å². The van der Waals surface area contributed by atoms with Gasteiger partial charge in [0.25, 0.3) is 5.91 Å². The lowest BCUT2D eigenvalue weighted by Crippen LogP contribution is -2.47. The Labute approximate surface area is 117 Å². The first-order valence-electron chi connectivity index (χ1n) is 6.69. The zero-order valence-corrected chi connectivity index (χ0v) is 11.0. The molecule has 0 aliphatic carbocycles. The number of amides is 1. The van der Waals surface area contributed by atoms with Crippen LogP contribution in [0, 0.1) is 12.3 Å². The van der Waals surface area contributed by atoms with Gasteiger partial charge in [0.1, 0.15) is 5.78 Å². The van der Waals surface area contributed by atoms with E-state index >= 15 is 0 Å². The number of carbonyl (C=O) groups is 2. The largest absolute Gasteiger partial charge is 0.356 e. The third-order valence-electron chi connectivity index (χ3n) is 3.86. The quantitative estimate of drug-likeness (QED) is 0.835. The molecule has 1 fully saturated rings. The van der Waals surface area contributed by atoms with Crippen LogP contribution in [0.15, 0.2) is 24.3 Å². The average Bonchev–Trinajstić information content (AvgIpc) is 2.69. The summed E-state index contributed by atoms with van der Waals surface area (Å²) in [4.78, 5) is 24.4. The Balaban J connectivity index is 1.97. The molecule has 1 N–H and O–H groups in total. The molecule has 3 rings (SSSR count). The van der Waals surface area contributed by atoms with Crippen LogP contribution in [0.5, 0.6) is 0 Å². The van der Waals surface area contributed by atoms with Crippen LogP contribution in [-0.4, -0.2) is 17.8 Å². The fourth-order valence-corrected chi connectivity index (χ4v) is 2.96. The van der Waals surface area contributed by atoms with Gasteiger partial charge in [0.2, 0.25) is 0 Å². The predicted octanol–water partition coefficient (Wildman–Crippen LogP) is 2.00. The van der Waals surface area contributed by atoms with E-state index in [-0.39, 0.29) is 24.2 Å². The third kappa shape index (κ3) is 1.91. The standard InChI is InChI=1S/C16H15NO3/c1-2-3-6-12-9-11(18)10-16(20-12)13-7-4-5-8-14(13)17-15(16)19/h1,4-5,7-8,12H,3,6,9-10H2,(H,17,19)/t12-,16-/m0/s1. The van der Waals surface area contributed by atoms with Gasteiger partial charge in [0.05, 0.1) is 6.10 Å². The van der Waals surface area contributed by atoms with Gasteiger partial charge >= 0.3 is 0 Å². The van der Waals surface area contributed by atoms with E-state index in [4.69, 9.17) is 11.2 Å². The molecule has 102 valence electrons. The molecular formula is C16H15NO3. The molecule has 0 radical (unpaired) electrons. The van der Waals surface area contributed by atoms with E-state index in [0.717, 1.165) is 11.3 Å². The smallest absolute Gasteiger partial charge is 0.261 e. The number of Topliss-reactive ketones (excluding diaryl/α,β-unsaturated/α-hetero) is 1. The molecule has 0 saturated carbocycles. The Morgan fingerprint density at radius 3 is 3.00 bits per heavy atom. The van der Waals surface area contributed by atoms with Gasteiger partial charge in [-0.15, -0.1) is 12.3 Å². The number of anilines is 1. The molecule has 20 heavy (non-hydrogen) atoms. The second-order valence-electron chi connectivity index (χ2n) is 5.23. The summed E-state index contributed by atoms with van der Waals surface area (Å²) in [5.41, 5.74) is 0.317. The molecule has 0 aromatic heterocycles. The van der Waals surface area contributed by atoms with Crippen molar-refractivity contribution >= 4 is 17.4 Å². The second-order valence-corrected chi connectivity index (χ2v) is 5.23. The molecule has 1 amide bonds. The van der Waals surface area contributed by atoms with E-state index in [0.29, 0.717) is 19.3 Å². The molecule has 1 aromatic rings. The van der Waals surface area contributed by atoms with Gasteiger partial charge in [-0.25, -0.2) is 0 Å². The van der Waals surface area contributed by atoms with Crippen molar-refractivity contribution in [3.8, 4) is 12.3 Å². The van der Waals surface area contributed by atoms with Crippen LogP contribution in [0.2, 0.25) is 0 Å². The van der Waals surface area contributed by atoms with E-state index in [1.54, 1.807) is 0 Å². The number of nitrogens with one attached hydrogen (secondary N) is 1. The first kappa shape index (κ1) is 12.9. The van der Waals surface area contributed by atoms with Gasteiger partial charge < -0.3 is 10.1 Å². The number of hydrogen-bond donors (Lipinski definition) is 1. The molecule has 0 unspecified atom stereocenters. The fourth-order valence-electron chi connectivity index (χ4n) is 2.96. The van der Waals surface area contributed by atoms with Crippen molar-refractivity contribution in [3.63, 3.8) is 0 Å². The van der Waals surface area contributed by atoms with E-state index in [1.807, 2.05) is 24.3 Å². The first-order chi connectivity index (χ1) is 9.65. The SMILES string of the molecule is C#CCC[C@H]1CC(=O)C[C@@]2(O1)C(=O)Nc1ccccc12. The normalized spacial score (nSPS) is 28.1. The lowest BCUT2D eigenvalue weighted by atomic mass is 9.84. The molecule has 1 saturated heterocycles. The van der Waals surface area contributed by atoms with Crippen LogP contribution >= 0.6 is 0 Å². The van der Waals surface area contributed by atoms with Gasteiger partial charge in [0.15, 0.2) is 5.60 Å². The molecule has 0 bridgehead atoms. The summed E-state index contributed by atoms with van der Waals surface area (Å²) in [5.74, 6) is 2.34. The van der Waals surface area contributed by atoms with E-state index in [1.165, 1.54) is 0 Å². The van der Waals surface area contributed by atoms with Crippen molar-refractivity contribution < 1.29 is 14.3 Å². The molecule has 2 heterocycles. The zero-order chi connectivity index (χ0) is 14.2. The number of rotatable bonds is 2. The van der Waals surface area contributed by atoms with Crippen LogP contribution in [0.25, 0.3) is 0 Å². The minimum atomic E-state index is -1.16. The lowest BCUT2D eigenvalue weighted by Gasteiger charge is -2.36. The number of carbonyl (C=O) groups excluding carboxylic acids is 2. The first-order valence-corrected chi connectivity index (χ1v) is 6.69.